The van der Waals surface area contributed by atoms with E-state index in [1.807, 2.05) is 48.5 Å². The summed E-state index contributed by atoms with van der Waals surface area (Å²) in [5, 5.41) is 9.06. The molecule has 2 saturated heterocycles. The Hall–Kier alpha value is -5.28. The third-order valence-corrected chi connectivity index (χ3v) is 7.69. The van der Waals surface area contributed by atoms with Gasteiger partial charge >= 0.3 is 6.18 Å². The predicted octanol–water partition coefficient (Wildman–Crippen LogP) is 3.56. The van der Waals surface area contributed by atoms with Crippen LogP contribution in [0.5, 0.6) is 0 Å². The normalized spacial score (nSPS) is 18.4. The summed E-state index contributed by atoms with van der Waals surface area (Å²) in [5.74, 6) is -0.836. The number of para-hydroxylation sites is 1. The quantitative estimate of drug-likeness (QED) is 0.275. The zero-order chi connectivity index (χ0) is 36.1. The molecule has 2 aliphatic rings. The van der Waals surface area contributed by atoms with Crippen molar-refractivity contribution in [3.8, 4) is 0 Å². The minimum absolute atomic E-state index is 0.0738. The summed E-state index contributed by atoms with van der Waals surface area (Å²) in [6.07, 6.45) is -1.99. The third kappa shape index (κ3) is 11.1. The van der Waals surface area contributed by atoms with Crippen LogP contribution in [0, 0.1) is 0 Å². The average Bonchev–Trinajstić information content (AvgIpc) is 3.57. The van der Waals surface area contributed by atoms with Crippen molar-refractivity contribution in [2.45, 2.75) is 38.7 Å². The topological polar surface area (TPSA) is 147 Å². The van der Waals surface area contributed by atoms with Gasteiger partial charge in [0, 0.05) is 62.7 Å². The second kappa shape index (κ2) is 17.9. The first kappa shape index (κ1) is 37.5. The first-order valence-electron chi connectivity index (χ1n) is 16.0. The van der Waals surface area contributed by atoms with Gasteiger partial charge in [-0.1, -0.05) is 55.1 Å². The van der Waals surface area contributed by atoms with Crippen LogP contribution in [-0.2, 0) is 27.4 Å². The van der Waals surface area contributed by atoms with Crippen molar-refractivity contribution < 1.29 is 32.3 Å². The zero-order valence-electron chi connectivity index (χ0n) is 27.7. The maximum absolute atomic E-state index is 13.0. The van der Waals surface area contributed by atoms with Gasteiger partial charge in [0.2, 0.25) is 5.91 Å². The van der Waals surface area contributed by atoms with Gasteiger partial charge < -0.3 is 21.1 Å². The van der Waals surface area contributed by atoms with Crippen molar-refractivity contribution in [1.82, 2.24) is 30.2 Å². The molecular formula is C35H41F3N8O4. The number of morpholine rings is 1. The lowest BCUT2D eigenvalue weighted by Crippen LogP contribution is -2.55. The zero-order valence-corrected chi connectivity index (χ0v) is 27.7. The number of nitrogens with one attached hydrogen (secondary N) is 2. The lowest BCUT2D eigenvalue weighted by atomic mass is 9.98. The molecule has 1 aromatic heterocycles. The van der Waals surface area contributed by atoms with E-state index in [1.54, 1.807) is 19.1 Å². The fraction of sp³-hybridized carbons (Fsp3) is 0.343. The van der Waals surface area contributed by atoms with Crippen molar-refractivity contribution in [2.24, 2.45) is 10.7 Å². The minimum Gasteiger partial charge on any atom is -0.404 e. The van der Waals surface area contributed by atoms with Gasteiger partial charge in [0.05, 0.1) is 18.9 Å². The molecule has 3 amide bonds. The second-order valence-electron chi connectivity index (χ2n) is 11.4. The number of ether oxygens (including phenoxy) is 1. The fourth-order valence-electron chi connectivity index (χ4n) is 5.17. The number of nitrogens with two attached hydrogens (primary N) is 1. The molecule has 0 saturated carbocycles. The lowest BCUT2D eigenvalue weighted by molar-refractivity contribution is -0.142. The average molecular weight is 695 g/mol. The Morgan fingerprint density at radius 2 is 1.74 bits per heavy atom. The van der Waals surface area contributed by atoms with Crippen LogP contribution >= 0.6 is 0 Å². The van der Waals surface area contributed by atoms with Gasteiger partial charge in [0.1, 0.15) is 24.1 Å². The van der Waals surface area contributed by atoms with E-state index in [9.17, 15) is 27.6 Å². The standard InChI is InChI=1S/C20H21F3N6O2.C15H20N2O2/c1-2-29-17(25-14-6-4-3-5-7-14)13(11-24)10-16(19(29)31)26-18(30)15-8-9-28(27-15)12-20(21,22)23;1-13(12-17-7-9-19-10-8-17)15(18)16-11-14-5-3-2-4-6-14/h3-9,11,16H,2,10,12,24H2,1H3,(H,26,30);2-6H,1,7-12H2,(H,16,18)/b13-11-,25-17?;. The number of carbonyl (C=O) groups is 3. The monoisotopic (exact) mass is 694 g/mol. The number of alkyl halides is 3. The molecular weight excluding hydrogens is 653 g/mol. The molecule has 3 heterocycles. The maximum atomic E-state index is 13.0. The number of benzene rings is 2. The van der Waals surface area contributed by atoms with Gasteiger partial charge in [-0.25, -0.2) is 4.99 Å². The van der Waals surface area contributed by atoms with E-state index < -0.39 is 30.6 Å². The van der Waals surface area contributed by atoms with Crippen LogP contribution in [-0.4, -0.2) is 94.7 Å². The Balaban J connectivity index is 0.000000252. The van der Waals surface area contributed by atoms with Crippen LogP contribution in [0.25, 0.3) is 0 Å². The number of hydrogen-bond acceptors (Lipinski definition) is 8. The van der Waals surface area contributed by atoms with Crippen LogP contribution in [0.1, 0.15) is 29.4 Å². The molecule has 2 aliphatic heterocycles. The number of hydrogen-bond donors (Lipinski definition) is 3. The molecule has 1 unspecified atom stereocenters. The number of aliphatic imine (C=N–C) groups is 1. The molecule has 2 aromatic carbocycles. The number of carbonyl (C=O) groups excluding carboxylic acids is 3. The van der Waals surface area contributed by atoms with E-state index in [0.717, 1.165) is 44.1 Å². The Bertz CT molecular complexity index is 1670. The number of halogens is 3. The van der Waals surface area contributed by atoms with Gasteiger partial charge in [-0.2, -0.15) is 18.3 Å². The van der Waals surface area contributed by atoms with Gasteiger partial charge in [-0.3, -0.25) is 28.9 Å². The van der Waals surface area contributed by atoms with E-state index >= 15 is 0 Å². The van der Waals surface area contributed by atoms with Crippen molar-refractivity contribution in [3.63, 3.8) is 0 Å². The summed E-state index contributed by atoms with van der Waals surface area (Å²) in [4.78, 5) is 45.5. The SMILES string of the molecule is C=C(CN1CCOCC1)C(=O)NCc1ccccc1.CCN1C(=O)C(NC(=O)c2ccn(CC(F)(F)F)n2)C/C(=C/N)C1=Nc1ccccc1. The Morgan fingerprint density at radius 1 is 1.08 bits per heavy atom. The first-order valence-corrected chi connectivity index (χ1v) is 16.0. The number of rotatable bonds is 10. The molecule has 15 heteroatoms. The third-order valence-electron chi connectivity index (χ3n) is 7.69. The fourth-order valence-corrected chi connectivity index (χ4v) is 5.17. The summed E-state index contributed by atoms with van der Waals surface area (Å²) >= 11 is 0. The molecule has 5 rings (SSSR count). The Kier molecular flexibility index (Phi) is 13.5. The van der Waals surface area contributed by atoms with Crippen LogP contribution < -0.4 is 16.4 Å². The minimum atomic E-state index is -4.46. The number of likely N-dealkylation sites (tertiary alicyclic amines) is 1. The van der Waals surface area contributed by atoms with Crippen LogP contribution in [0.4, 0.5) is 18.9 Å². The maximum Gasteiger partial charge on any atom is 0.408 e. The number of amides is 3. The number of piperidine rings is 1. The highest BCUT2D eigenvalue weighted by Gasteiger charge is 2.37. The summed E-state index contributed by atoms with van der Waals surface area (Å²) in [6.45, 7) is 8.96. The van der Waals surface area contributed by atoms with Crippen LogP contribution in [0.15, 0.2) is 102 Å². The molecule has 2 fully saturated rings. The summed E-state index contributed by atoms with van der Waals surface area (Å²) in [6, 6.07) is 19.1. The molecule has 0 bridgehead atoms. The molecule has 3 aromatic rings. The van der Waals surface area contributed by atoms with Crippen molar-refractivity contribution in [1.29, 1.82) is 0 Å². The number of nitrogens with zero attached hydrogens (tertiary/aromatic N) is 5. The molecule has 50 heavy (non-hydrogen) atoms. The Morgan fingerprint density at radius 3 is 2.36 bits per heavy atom. The highest BCUT2D eigenvalue weighted by molar-refractivity contribution is 6.13. The molecule has 12 nitrogen and oxygen atoms in total. The van der Waals surface area contributed by atoms with Crippen LogP contribution in [0.3, 0.4) is 0 Å². The van der Waals surface area contributed by atoms with Crippen molar-refractivity contribution in [2.75, 3.05) is 39.4 Å². The van der Waals surface area contributed by atoms with Crippen molar-refractivity contribution in [3.05, 3.63) is 108 Å². The van der Waals surface area contributed by atoms with E-state index in [1.165, 1.54) is 11.1 Å². The number of aromatic nitrogens is 2. The number of likely N-dealkylation sites (N-methyl/N-ethyl adjacent to an activating group) is 1. The summed E-state index contributed by atoms with van der Waals surface area (Å²) in [5.41, 5.74) is 8.44. The molecule has 0 radical (unpaired) electrons. The molecule has 266 valence electrons. The smallest absolute Gasteiger partial charge is 0.404 e. The summed E-state index contributed by atoms with van der Waals surface area (Å²) in [7, 11) is 0. The van der Waals surface area contributed by atoms with Gasteiger partial charge in [0.25, 0.3) is 11.8 Å². The number of amidine groups is 1. The van der Waals surface area contributed by atoms with E-state index in [2.05, 4.69) is 32.2 Å². The lowest BCUT2D eigenvalue weighted by Gasteiger charge is -2.34. The van der Waals surface area contributed by atoms with E-state index in [-0.39, 0.29) is 24.6 Å². The second-order valence-corrected chi connectivity index (χ2v) is 11.4. The molecule has 4 N–H and O–H groups in total. The molecule has 0 spiro atoms. The van der Waals surface area contributed by atoms with Gasteiger partial charge in [0.15, 0.2) is 0 Å². The van der Waals surface area contributed by atoms with E-state index in [0.29, 0.717) is 40.4 Å². The largest absolute Gasteiger partial charge is 0.408 e. The molecule has 1 atom stereocenters. The first-order chi connectivity index (χ1) is 24.0. The van der Waals surface area contributed by atoms with Crippen molar-refractivity contribution >= 4 is 29.2 Å². The highest BCUT2D eigenvalue weighted by Crippen LogP contribution is 2.24. The van der Waals surface area contributed by atoms with Gasteiger partial charge in [-0.15, -0.1) is 0 Å². The van der Waals surface area contributed by atoms with Gasteiger partial charge in [-0.05, 0) is 30.7 Å². The van der Waals surface area contributed by atoms with E-state index in [4.69, 9.17) is 10.5 Å². The van der Waals surface area contributed by atoms with Crippen LogP contribution in [0.2, 0.25) is 0 Å². The highest BCUT2D eigenvalue weighted by atomic mass is 19.4. The Labute approximate surface area is 288 Å². The predicted molar refractivity (Wildman–Crippen MR) is 182 cm³/mol. The summed E-state index contributed by atoms with van der Waals surface area (Å²) < 4.78 is 43.4. The molecule has 0 aliphatic carbocycles.